The van der Waals surface area contributed by atoms with Crippen molar-refractivity contribution < 1.29 is 29.0 Å². The third-order valence-corrected chi connectivity index (χ3v) is 8.33. The van der Waals surface area contributed by atoms with Gasteiger partial charge in [-0.05, 0) is 55.0 Å². The lowest BCUT2D eigenvalue weighted by Gasteiger charge is -2.38. The van der Waals surface area contributed by atoms with E-state index in [0.717, 1.165) is 5.56 Å². The summed E-state index contributed by atoms with van der Waals surface area (Å²) in [7, 11) is 1.26. The van der Waals surface area contributed by atoms with Crippen LogP contribution in [-0.2, 0) is 32.1 Å². The first-order valence-electron chi connectivity index (χ1n) is 11.7. The Morgan fingerprint density at radius 1 is 1.08 bits per heavy atom. The summed E-state index contributed by atoms with van der Waals surface area (Å²) in [6.45, 7) is 5.45. The smallest absolute Gasteiger partial charge is 0.328 e. The second-order valence-corrected chi connectivity index (χ2v) is 10.7. The Morgan fingerprint density at radius 3 is 2.22 bits per heavy atom. The van der Waals surface area contributed by atoms with E-state index in [9.17, 15) is 19.5 Å². The number of carbonyl (C=O) groups is 3. The SMILES string of the molecule is COC(=O)C(Cc1ccc(OCc2c(Cl)cccc2Cl)cc1)NC(=O)C1CCC(C)(C(=O)O)C1(C)C. The van der Waals surface area contributed by atoms with Crippen molar-refractivity contribution >= 4 is 41.0 Å². The van der Waals surface area contributed by atoms with Crippen LogP contribution in [0.15, 0.2) is 42.5 Å². The number of rotatable bonds is 9. The quantitative estimate of drug-likeness (QED) is 0.422. The largest absolute Gasteiger partial charge is 0.489 e. The Hall–Kier alpha value is -2.77. The maximum Gasteiger partial charge on any atom is 0.328 e. The minimum atomic E-state index is -1.03. The Kier molecular flexibility index (Phi) is 8.57. The van der Waals surface area contributed by atoms with Crippen molar-refractivity contribution in [3.05, 3.63) is 63.6 Å². The third-order valence-electron chi connectivity index (χ3n) is 7.63. The van der Waals surface area contributed by atoms with Gasteiger partial charge in [-0.3, -0.25) is 9.59 Å². The van der Waals surface area contributed by atoms with Gasteiger partial charge in [-0.15, -0.1) is 0 Å². The van der Waals surface area contributed by atoms with Crippen LogP contribution in [0.4, 0.5) is 0 Å². The van der Waals surface area contributed by atoms with Crippen molar-refractivity contribution in [1.29, 1.82) is 0 Å². The van der Waals surface area contributed by atoms with Crippen LogP contribution in [0.2, 0.25) is 10.0 Å². The van der Waals surface area contributed by atoms with Crippen molar-refractivity contribution in [2.45, 2.75) is 52.7 Å². The third kappa shape index (κ3) is 5.62. The Labute approximate surface area is 221 Å². The van der Waals surface area contributed by atoms with Crippen LogP contribution in [0, 0.1) is 16.7 Å². The molecule has 0 saturated heterocycles. The molecule has 194 valence electrons. The molecule has 1 aliphatic rings. The van der Waals surface area contributed by atoms with Gasteiger partial charge in [0.05, 0.1) is 12.5 Å². The van der Waals surface area contributed by atoms with Crippen LogP contribution < -0.4 is 10.1 Å². The molecule has 3 unspecified atom stereocenters. The number of amides is 1. The fourth-order valence-electron chi connectivity index (χ4n) is 4.73. The van der Waals surface area contributed by atoms with Gasteiger partial charge in [-0.1, -0.05) is 55.2 Å². The van der Waals surface area contributed by atoms with Gasteiger partial charge in [0.1, 0.15) is 18.4 Å². The average Bonchev–Trinajstić information content (AvgIpc) is 3.08. The minimum Gasteiger partial charge on any atom is -0.489 e. The number of carboxylic acids is 1. The summed E-state index contributed by atoms with van der Waals surface area (Å²) in [5, 5.41) is 13.6. The van der Waals surface area contributed by atoms with Gasteiger partial charge in [-0.25, -0.2) is 4.79 Å². The lowest BCUT2D eigenvalue weighted by atomic mass is 9.65. The van der Waals surface area contributed by atoms with Gasteiger partial charge in [0.15, 0.2) is 0 Å². The highest BCUT2D eigenvalue weighted by molar-refractivity contribution is 6.35. The van der Waals surface area contributed by atoms with E-state index in [0.29, 0.717) is 34.2 Å². The highest BCUT2D eigenvalue weighted by Gasteiger charge is 2.58. The molecule has 9 heteroatoms. The number of hydrogen-bond acceptors (Lipinski definition) is 5. The Bertz CT molecular complexity index is 1110. The van der Waals surface area contributed by atoms with Crippen LogP contribution in [0.5, 0.6) is 5.75 Å². The van der Waals surface area contributed by atoms with E-state index >= 15 is 0 Å². The van der Waals surface area contributed by atoms with Gasteiger partial charge >= 0.3 is 11.9 Å². The number of nitrogens with one attached hydrogen (secondary N) is 1. The van der Waals surface area contributed by atoms with Crippen LogP contribution in [0.3, 0.4) is 0 Å². The molecule has 0 heterocycles. The van der Waals surface area contributed by atoms with Crippen LogP contribution in [-0.4, -0.2) is 36.1 Å². The average molecular weight is 536 g/mol. The molecule has 36 heavy (non-hydrogen) atoms. The number of aliphatic carboxylic acids is 1. The van der Waals surface area contributed by atoms with Crippen molar-refractivity contribution in [3.8, 4) is 5.75 Å². The molecule has 0 aromatic heterocycles. The molecule has 1 amide bonds. The number of carboxylic acid groups (broad SMARTS) is 1. The molecule has 1 aliphatic carbocycles. The minimum absolute atomic E-state index is 0.200. The second-order valence-electron chi connectivity index (χ2n) is 9.87. The zero-order valence-electron chi connectivity index (χ0n) is 20.8. The molecule has 2 N–H and O–H groups in total. The van der Waals surface area contributed by atoms with Gasteiger partial charge in [0.2, 0.25) is 5.91 Å². The molecule has 0 aliphatic heterocycles. The van der Waals surface area contributed by atoms with Crippen LogP contribution in [0.25, 0.3) is 0 Å². The molecule has 1 saturated carbocycles. The summed E-state index contributed by atoms with van der Waals surface area (Å²) in [5.74, 6) is -1.80. The van der Waals surface area contributed by atoms with Gasteiger partial charge in [0.25, 0.3) is 0 Å². The predicted octanol–water partition coefficient (Wildman–Crippen LogP) is 5.30. The van der Waals surface area contributed by atoms with E-state index in [-0.39, 0.29) is 18.9 Å². The fourth-order valence-corrected chi connectivity index (χ4v) is 5.24. The van der Waals surface area contributed by atoms with E-state index in [1.54, 1.807) is 63.2 Å². The summed E-state index contributed by atoms with van der Waals surface area (Å²) < 4.78 is 10.7. The molecule has 7 nitrogen and oxygen atoms in total. The zero-order valence-corrected chi connectivity index (χ0v) is 22.3. The summed E-state index contributed by atoms with van der Waals surface area (Å²) in [5.41, 5.74) is -0.338. The van der Waals surface area contributed by atoms with E-state index in [2.05, 4.69) is 5.32 Å². The normalized spacial score (nSPS) is 21.4. The van der Waals surface area contributed by atoms with E-state index in [4.69, 9.17) is 32.7 Å². The summed E-state index contributed by atoms with van der Waals surface area (Å²) >= 11 is 12.4. The maximum atomic E-state index is 13.2. The number of halogens is 2. The molecular formula is C27H31Cl2NO6. The molecule has 0 radical (unpaired) electrons. The summed E-state index contributed by atoms with van der Waals surface area (Å²) in [6, 6.07) is 11.4. The number of hydrogen-bond donors (Lipinski definition) is 2. The first-order chi connectivity index (χ1) is 16.9. The Morgan fingerprint density at radius 2 is 1.69 bits per heavy atom. The van der Waals surface area contributed by atoms with E-state index < -0.39 is 34.7 Å². The van der Waals surface area contributed by atoms with Gasteiger partial charge in [-0.2, -0.15) is 0 Å². The summed E-state index contributed by atoms with van der Waals surface area (Å²) in [4.78, 5) is 37.5. The first kappa shape index (κ1) is 27.8. The predicted molar refractivity (Wildman–Crippen MR) is 137 cm³/mol. The highest BCUT2D eigenvalue weighted by atomic mass is 35.5. The topological polar surface area (TPSA) is 102 Å². The monoisotopic (exact) mass is 535 g/mol. The molecule has 2 aromatic rings. The molecule has 3 rings (SSSR count). The number of ether oxygens (including phenoxy) is 2. The molecule has 3 atom stereocenters. The van der Waals surface area contributed by atoms with Crippen molar-refractivity contribution in [1.82, 2.24) is 5.32 Å². The van der Waals surface area contributed by atoms with Crippen LogP contribution >= 0.6 is 23.2 Å². The second kappa shape index (κ2) is 11.1. The summed E-state index contributed by atoms with van der Waals surface area (Å²) in [6.07, 6.45) is 1.02. The van der Waals surface area contributed by atoms with E-state index in [1.165, 1.54) is 7.11 Å². The first-order valence-corrected chi connectivity index (χ1v) is 12.4. The number of methoxy groups -OCH3 is 1. The number of benzene rings is 2. The molecule has 0 bridgehead atoms. The lowest BCUT2D eigenvalue weighted by Crippen LogP contribution is -2.50. The van der Waals surface area contributed by atoms with Crippen molar-refractivity contribution in [2.24, 2.45) is 16.7 Å². The number of esters is 1. The molecule has 2 aromatic carbocycles. The van der Waals surface area contributed by atoms with Crippen LogP contribution in [0.1, 0.15) is 44.7 Å². The fraction of sp³-hybridized carbons (Fsp3) is 0.444. The lowest BCUT2D eigenvalue weighted by molar-refractivity contribution is -0.156. The molecule has 1 fully saturated rings. The molecule has 0 spiro atoms. The number of carbonyl (C=O) groups excluding carboxylic acids is 2. The van der Waals surface area contributed by atoms with Crippen molar-refractivity contribution in [3.63, 3.8) is 0 Å². The van der Waals surface area contributed by atoms with Gasteiger partial charge in [0, 0.05) is 27.9 Å². The maximum absolute atomic E-state index is 13.2. The van der Waals surface area contributed by atoms with E-state index in [1.807, 2.05) is 0 Å². The standard InChI is InChI=1S/C27H31Cl2NO6/c1-26(2)19(12-13-27(26,3)25(33)34)23(31)30-22(24(32)35-4)14-16-8-10-17(11-9-16)36-15-18-20(28)6-5-7-21(18)29/h5-11,19,22H,12-15H2,1-4H3,(H,30,31)(H,33,34). The zero-order chi connectivity index (χ0) is 26.7. The van der Waals surface area contributed by atoms with Crippen molar-refractivity contribution in [2.75, 3.05) is 7.11 Å². The highest BCUT2D eigenvalue weighted by Crippen LogP contribution is 2.56. The van der Waals surface area contributed by atoms with Gasteiger partial charge < -0.3 is 19.9 Å². The molecular weight excluding hydrogens is 505 g/mol. The Balaban J connectivity index is 1.67.